The number of nitrogens with zero attached hydrogens (tertiary/aromatic N) is 2. The van der Waals surface area contributed by atoms with E-state index < -0.39 is 0 Å². The van der Waals surface area contributed by atoms with Crippen LogP contribution in [0.25, 0.3) is 21.5 Å². The Hall–Kier alpha value is -4.17. The van der Waals surface area contributed by atoms with Gasteiger partial charge in [0.25, 0.3) is 0 Å². The van der Waals surface area contributed by atoms with Gasteiger partial charge in [0.1, 0.15) is 7.05 Å². The van der Waals surface area contributed by atoms with Crippen LogP contribution in [0.15, 0.2) is 120 Å². The van der Waals surface area contributed by atoms with Crippen LogP contribution in [0.4, 0.5) is 11.4 Å². The molecule has 0 spiro atoms. The summed E-state index contributed by atoms with van der Waals surface area (Å²) in [6.45, 7) is 33.0. The molecule has 58 heavy (non-hydrogen) atoms. The van der Waals surface area contributed by atoms with Gasteiger partial charge in [-0.3, -0.25) is 0 Å². The van der Waals surface area contributed by atoms with Crippen LogP contribution >= 0.6 is 0 Å². The van der Waals surface area contributed by atoms with Gasteiger partial charge in [-0.1, -0.05) is 189 Å². The molecule has 0 atom stereocenters. The zero-order chi connectivity index (χ0) is 43.5. The van der Waals surface area contributed by atoms with Crippen LogP contribution in [0.5, 0.6) is 0 Å². The highest BCUT2D eigenvalue weighted by atomic mass is 15.2. The van der Waals surface area contributed by atoms with E-state index in [0.717, 1.165) is 19.4 Å². The molecule has 2 heterocycles. The smallest absolute Gasteiger partial charge is 0.210 e. The fourth-order valence-corrected chi connectivity index (χ4v) is 8.86. The van der Waals surface area contributed by atoms with Gasteiger partial charge in [0.05, 0.1) is 5.41 Å². The molecule has 316 valence electrons. The van der Waals surface area contributed by atoms with Crippen LogP contribution in [0.3, 0.4) is 0 Å². The van der Waals surface area contributed by atoms with E-state index in [1.807, 2.05) is 69.2 Å². The van der Waals surface area contributed by atoms with Crippen molar-refractivity contribution >= 4 is 38.6 Å². The summed E-state index contributed by atoms with van der Waals surface area (Å²) in [6.07, 6.45) is 22.1. The van der Waals surface area contributed by atoms with Crippen LogP contribution in [0.2, 0.25) is 0 Å². The molecule has 3 aliphatic rings. The second-order valence-corrected chi connectivity index (χ2v) is 15.3. The van der Waals surface area contributed by atoms with Gasteiger partial charge < -0.3 is 4.90 Å². The van der Waals surface area contributed by atoms with Gasteiger partial charge in [0.15, 0.2) is 5.71 Å². The zero-order valence-corrected chi connectivity index (χ0v) is 40.1. The molecular formula is C56H83N2+. The molecule has 0 unspecified atom stereocenters. The molecule has 0 radical (unpaired) electrons. The average Bonchev–Trinajstić information content (AvgIpc) is 3.62. The molecule has 0 N–H and O–H groups in total. The van der Waals surface area contributed by atoms with Crippen LogP contribution in [-0.2, 0) is 10.8 Å². The van der Waals surface area contributed by atoms with Gasteiger partial charge in [-0.15, -0.1) is 0 Å². The van der Waals surface area contributed by atoms with Gasteiger partial charge >= 0.3 is 0 Å². The lowest BCUT2D eigenvalue weighted by Crippen LogP contribution is -2.27. The summed E-state index contributed by atoms with van der Waals surface area (Å²) in [5, 5.41) is 5.41. The number of hydrogen-bond acceptors (Lipinski definition) is 1. The Bertz CT molecular complexity index is 2030. The second-order valence-electron chi connectivity index (χ2n) is 15.3. The lowest BCUT2D eigenvalue weighted by atomic mass is 9.79. The van der Waals surface area contributed by atoms with Crippen molar-refractivity contribution in [1.29, 1.82) is 0 Å². The lowest BCUT2D eigenvalue weighted by molar-refractivity contribution is -0.401. The molecule has 0 amide bonds. The van der Waals surface area contributed by atoms with E-state index in [9.17, 15) is 0 Å². The summed E-state index contributed by atoms with van der Waals surface area (Å²) in [5.74, 6) is 0. The van der Waals surface area contributed by atoms with Crippen LogP contribution in [0, 0.1) is 0 Å². The standard InChI is InChI=1S/C46H53N2.5C2H6/c1-7-8-9-10-15-31-48-40-28-26-36-20-12-14-22-38(36)44(40)46(4,5)42(48)30-24-34-18-16-17-33(32-34)23-29-41-45(2,3)43-37-21-13-11-19-35(37)25-27-39(43)47(41)6;5*1-2/h11-14,19-30,32H,7-10,15-18,31H2,1-6H3;5*1-2H3/q+1;;;;;. The molecule has 4 aromatic carbocycles. The van der Waals surface area contributed by atoms with E-state index in [-0.39, 0.29) is 10.8 Å². The fraction of sp³-hybridized carbons (Fsp3) is 0.482. The second kappa shape index (κ2) is 24.7. The third-order valence-electron chi connectivity index (χ3n) is 11.3. The molecule has 0 saturated heterocycles. The van der Waals surface area contributed by atoms with Crippen LogP contribution in [0.1, 0.15) is 166 Å². The maximum absolute atomic E-state index is 2.65. The predicted octanol–water partition coefficient (Wildman–Crippen LogP) is 17.4. The minimum absolute atomic E-state index is 0.0625. The fourth-order valence-electron chi connectivity index (χ4n) is 8.86. The molecule has 2 aliphatic heterocycles. The van der Waals surface area contributed by atoms with Crippen molar-refractivity contribution in [2.24, 2.45) is 0 Å². The SMILES string of the molecule is CC.CC.CC.CC.CC.CCCCCCCN1/C(=C/C=C2C=C(/C=C/C3=[N+](C)c4ccc5ccccc5c4C3(C)C)CCC/2)C(C)(C)c2c1ccc1ccccc21. The predicted molar refractivity (Wildman–Crippen MR) is 265 cm³/mol. The number of fused-ring (bicyclic) bond motifs is 6. The van der Waals surface area contributed by atoms with Gasteiger partial charge in [0, 0.05) is 41.1 Å². The highest BCUT2D eigenvalue weighted by Gasteiger charge is 2.44. The molecule has 0 saturated carbocycles. The molecule has 2 nitrogen and oxygen atoms in total. The highest BCUT2D eigenvalue weighted by Crippen LogP contribution is 2.51. The van der Waals surface area contributed by atoms with Crippen molar-refractivity contribution in [2.75, 3.05) is 18.5 Å². The van der Waals surface area contributed by atoms with Crippen molar-refractivity contribution in [2.45, 2.75) is 166 Å². The number of allylic oxidation sites excluding steroid dienone is 8. The minimum Gasteiger partial charge on any atom is -0.344 e. The lowest BCUT2D eigenvalue weighted by Gasteiger charge is -2.27. The third-order valence-corrected chi connectivity index (χ3v) is 11.3. The largest absolute Gasteiger partial charge is 0.344 e. The Balaban J connectivity index is 0.00000108. The third kappa shape index (κ3) is 10.9. The van der Waals surface area contributed by atoms with Crippen molar-refractivity contribution < 1.29 is 4.58 Å². The molecule has 0 fully saturated rings. The summed E-state index contributed by atoms with van der Waals surface area (Å²) < 4.78 is 2.41. The maximum Gasteiger partial charge on any atom is 0.210 e. The Kier molecular flexibility index (Phi) is 21.3. The molecule has 2 heteroatoms. The molecule has 1 aliphatic carbocycles. The number of hydrogen-bond donors (Lipinski definition) is 0. The van der Waals surface area contributed by atoms with E-state index in [1.54, 1.807) is 0 Å². The van der Waals surface area contributed by atoms with Gasteiger partial charge in [-0.25, -0.2) is 0 Å². The molecule has 7 rings (SSSR count). The number of benzene rings is 4. The Morgan fingerprint density at radius 3 is 1.79 bits per heavy atom. The number of rotatable bonds is 9. The Morgan fingerprint density at radius 1 is 0.603 bits per heavy atom. The molecule has 4 aromatic rings. The topological polar surface area (TPSA) is 6.25 Å². The zero-order valence-electron chi connectivity index (χ0n) is 40.1. The summed E-state index contributed by atoms with van der Waals surface area (Å²) in [7, 11) is 2.23. The first-order chi connectivity index (χ1) is 28.2. The summed E-state index contributed by atoms with van der Waals surface area (Å²) in [4.78, 5) is 2.65. The van der Waals surface area contributed by atoms with E-state index in [2.05, 4.69) is 154 Å². The normalized spacial score (nSPS) is 17.1. The highest BCUT2D eigenvalue weighted by molar-refractivity contribution is 6.07. The van der Waals surface area contributed by atoms with Crippen molar-refractivity contribution in [3.05, 3.63) is 131 Å². The van der Waals surface area contributed by atoms with E-state index in [4.69, 9.17) is 0 Å². The Labute approximate surface area is 357 Å². The molecule has 0 bridgehead atoms. The number of anilines is 1. The van der Waals surface area contributed by atoms with E-state index in [1.165, 1.54) is 105 Å². The van der Waals surface area contributed by atoms with E-state index in [0.29, 0.717) is 0 Å². The summed E-state index contributed by atoms with van der Waals surface area (Å²) in [5.41, 5.74) is 11.2. The van der Waals surface area contributed by atoms with Gasteiger partial charge in [-0.05, 0) is 96.0 Å². The maximum atomic E-state index is 2.65. The number of unbranched alkanes of at least 4 members (excludes halogenated alkanes) is 4. The van der Waals surface area contributed by atoms with E-state index >= 15 is 0 Å². The van der Waals surface area contributed by atoms with Crippen molar-refractivity contribution in [1.82, 2.24) is 0 Å². The Morgan fingerprint density at radius 2 is 1.17 bits per heavy atom. The van der Waals surface area contributed by atoms with Gasteiger partial charge in [-0.2, -0.15) is 4.58 Å². The van der Waals surface area contributed by atoms with Crippen molar-refractivity contribution in [3.8, 4) is 0 Å². The monoisotopic (exact) mass is 784 g/mol. The average molecular weight is 784 g/mol. The summed E-state index contributed by atoms with van der Waals surface area (Å²) in [6, 6.07) is 27.0. The molecule has 0 aromatic heterocycles. The molecular weight excluding hydrogens is 701 g/mol. The minimum atomic E-state index is -0.0632. The van der Waals surface area contributed by atoms with Crippen molar-refractivity contribution in [3.63, 3.8) is 0 Å². The first-order valence-corrected chi connectivity index (χ1v) is 23.4. The summed E-state index contributed by atoms with van der Waals surface area (Å²) >= 11 is 0. The first kappa shape index (κ1) is 50.0. The van der Waals surface area contributed by atoms with Crippen LogP contribution in [-0.4, -0.2) is 23.9 Å². The van der Waals surface area contributed by atoms with Crippen LogP contribution < -0.4 is 4.90 Å². The first-order valence-electron chi connectivity index (χ1n) is 23.4. The quantitative estimate of drug-likeness (QED) is 0.121. The van der Waals surface area contributed by atoms with Gasteiger partial charge in [0.2, 0.25) is 5.69 Å².